The number of hydrogen-bond donors (Lipinski definition) is 1. The van der Waals surface area contributed by atoms with Crippen molar-refractivity contribution in [3.05, 3.63) is 24.8 Å². The second-order valence-corrected chi connectivity index (χ2v) is 2.73. The first-order chi connectivity index (χ1) is 7.45. The summed E-state index contributed by atoms with van der Waals surface area (Å²) < 4.78 is 8.90. The molecule has 0 saturated carbocycles. The van der Waals surface area contributed by atoms with Gasteiger partial charge in [0, 0.05) is 12.5 Å². The molecule has 0 aromatic rings. The number of rotatable bonds is 5. The molecule has 0 bridgehead atoms. The van der Waals surface area contributed by atoms with Crippen LogP contribution in [0.1, 0.15) is 13.8 Å². The van der Waals surface area contributed by atoms with Gasteiger partial charge in [-0.1, -0.05) is 19.2 Å². The zero-order valence-electron chi connectivity index (χ0n) is 9.69. The maximum Gasteiger partial charge on any atom is 0.333 e. The molecule has 0 amide bonds. The van der Waals surface area contributed by atoms with Crippen LogP contribution in [-0.2, 0) is 19.1 Å². The minimum absolute atomic E-state index is 0.0473. The van der Waals surface area contributed by atoms with Crippen LogP contribution in [0.4, 0.5) is 0 Å². The van der Waals surface area contributed by atoms with E-state index in [0.717, 1.165) is 0 Å². The quantitative estimate of drug-likeness (QED) is 0.430. The number of aliphatic hydroxyl groups is 1. The molecular formula is C11H18O5. The van der Waals surface area contributed by atoms with Crippen molar-refractivity contribution in [3.63, 3.8) is 0 Å². The second kappa shape index (κ2) is 11.5. The predicted molar refractivity (Wildman–Crippen MR) is 59.7 cm³/mol. The Labute approximate surface area is 95.4 Å². The van der Waals surface area contributed by atoms with E-state index < -0.39 is 5.97 Å². The van der Waals surface area contributed by atoms with Crippen molar-refractivity contribution < 1.29 is 24.2 Å². The maximum atomic E-state index is 10.5. The van der Waals surface area contributed by atoms with E-state index in [-0.39, 0.29) is 19.2 Å². The summed E-state index contributed by atoms with van der Waals surface area (Å²) in [5.41, 5.74) is 0.350. The molecule has 0 aliphatic rings. The van der Waals surface area contributed by atoms with Crippen molar-refractivity contribution in [1.82, 2.24) is 0 Å². The zero-order chi connectivity index (χ0) is 13.0. The Kier molecular flexibility index (Phi) is 12.0. The molecule has 0 heterocycles. The van der Waals surface area contributed by atoms with Gasteiger partial charge in [0.05, 0.1) is 6.61 Å². The van der Waals surface area contributed by atoms with E-state index in [1.54, 1.807) is 6.92 Å². The zero-order valence-corrected chi connectivity index (χ0v) is 9.69. The van der Waals surface area contributed by atoms with Crippen molar-refractivity contribution in [2.75, 3.05) is 19.8 Å². The minimum Gasteiger partial charge on any atom is -0.462 e. The lowest BCUT2D eigenvalue weighted by atomic mass is 10.4. The Balaban J connectivity index is 0. The molecule has 92 valence electrons. The van der Waals surface area contributed by atoms with E-state index in [9.17, 15) is 9.59 Å². The SMILES string of the molecule is C=C(C)C(=O)OCCO.C=CCOC(C)=O. The molecule has 1 N–H and O–H groups in total. The number of esters is 2. The van der Waals surface area contributed by atoms with E-state index in [1.165, 1.54) is 13.0 Å². The molecule has 0 saturated heterocycles. The Morgan fingerprint density at radius 1 is 1.31 bits per heavy atom. The predicted octanol–water partition coefficient (Wildman–Crippen LogP) is 0.833. The largest absolute Gasteiger partial charge is 0.462 e. The number of aliphatic hydroxyl groups excluding tert-OH is 1. The van der Waals surface area contributed by atoms with Crippen LogP contribution in [0.25, 0.3) is 0 Å². The van der Waals surface area contributed by atoms with Crippen molar-refractivity contribution >= 4 is 11.9 Å². The molecule has 0 rings (SSSR count). The fraction of sp³-hybridized carbons (Fsp3) is 0.455. The fourth-order valence-electron chi connectivity index (χ4n) is 0.438. The van der Waals surface area contributed by atoms with E-state index in [2.05, 4.69) is 22.6 Å². The number of carbonyl (C=O) groups is 2. The van der Waals surface area contributed by atoms with Crippen LogP contribution in [0.5, 0.6) is 0 Å². The molecule has 0 unspecified atom stereocenters. The maximum absolute atomic E-state index is 10.5. The molecule has 0 aliphatic carbocycles. The van der Waals surface area contributed by atoms with E-state index in [4.69, 9.17) is 5.11 Å². The van der Waals surface area contributed by atoms with Gasteiger partial charge in [-0.25, -0.2) is 4.79 Å². The monoisotopic (exact) mass is 230 g/mol. The molecule has 0 fully saturated rings. The van der Waals surface area contributed by atoms with E-state index in [0.29, 0.717) is 12.2 Å². The van der Waals surface area contributed by atoms with E-state index >= 15 is 0 Å². The van der Waals surface area contributed by atoms with Gasteiger partial charge in [-0.2, -0.15) is 0 Å². The second-order valence-electron chi connectivity index (χ2n) is 2.73. The molecule has 5 nitrogen and oxygen atoms in total. The number of hydrogen-bond acceptors (Lipinski definition) is 5. The third-order valence-electron chi connectivity index (χ3n) is 1.08. The van der Waals surface area contributed by atoms with Crippen molar-refractivity contribution in [2.45, 2.75) is 13.8 Å². The summed E-state index contributed by atoms with van der Waals surface area (Å²) in [5.74, 6) is -0.719. The molecule has 0 aromatic heterocycles. The smallest absolute Gasteiger partial charge is 0.333 e. The lowest BCUT2D eigenvalue weighted by Gasteiger charge is -1.99. The first-order valence-electron chi connectivity index (χ1n) is 4.63. The van der Waals surface area contributed by atoms with Gasteiger partial charge in [0.1, 0.15) is 13.2 Å². The minimum atomic E-state index is -0.455. The highest BCUT2D eigenvalue weighted by atomic mass is 16.5. The van der Waals surface area contributed by atoms with Gasteiger partial charge >= 0.3 is 11.9 Å². The van der Waals surface area contributed by atoms with Crippen molar-refractivity contribution in [1.29, 1.82) is 0 Å². The van der Waals surface area contributed by atoms with Crippen LogP contribution in [-0.4, -0.2) is 36.9 Å². The first-order valence-corrected chi connectivity index (χ1v) is 4.63. The Bertz CT molecular complexity index is 245. The molecule has 0 aromatic carbocycles. The molecular weight excluding hydrogens is 212 g/mol. The molecule has 0 radical (unpaired) electrons. The lowest BCUT2D eigenvalue weighted by molar-refractivity contribution is -0.140. The fourth-order valence-corrected chi connectivity index (χ4v) is 0.438. The Morgan fingerprint density at radius 3 is 2.12 bits per heavy atom. The normalized spacial score (nSPS) is 8.19. The van der Waals surface area contributed by atoms with E-state index in [1.807, 2.05) is 0 Å². The summed E-state index contributed by atoms with van der Waals surface area (Å²) in [6.07, 6.45) is 1.53. The summed E-state index contributed by atoms with van der Waals surface area (Å²) in [6, 6.07) is 0. The van der Waals surface area contributed by atoms with Crippen LogP contribution in [0.15, 0.2) is 24.8 Å². The van der Waals surface area contributed by atoms with Crippen LogP contribution in [0.3, 0.4) is 0 Å². The van der Waals surface area contributed by atoms with Gasteiger partial charge in [-0.05, 0) is 6.92 Å². The van der Waals surface area contributed by atoms with Crippen LogP contribution >= 0.6 is 0 Å². The van der Waals surface area contributed by atoms with Crippen molar-refractivity contribution in [2.24, 2.45) is 0 Å². The number of carbonyl (C=O) groups excluding carboxylic acids is 2. The molecule has 16 heavy (non-hydrogen) atoms. The highest BCUT2D eigenvalue weighted by Gasteiger charge is 1.99. The van der Waals surface area contributed by atoms with Crippen LogP contribution in [0, 0.1) is 0 Å². The third kappa shape index (κ3) is 14.9. The van der Waals surface area contributed by atoms with Gasteiger partial charge in [0.15, 0.2) is 0 Å². The van der Waals surface area contributed by atoms with Crippen molar-refractivity contribution in [3.8, 4) is 0 Å². The average molecular weight is 230 g/mol. The van der Waals surface area contributed by atoms with Crippen LogP contribution in [0.2, 0.25) is 0 Å². The average Bonchev–Trinajstić information content (AvgIpc) is 2.23. The van der Waals surface area contributed by atoms with Gasteiger partial charge in [-0.15, -0.1) is 0 Å². The Morgan fingerprint density at radius 2 is 1.88 bits per heavy atom. The Hall–Kier alpha value is -1.62. The van der Waals surface area contributed by atoms with Gasteiger partial charge in [-0.3, -0.25) is 4.79 Å². The first kappa shape index (κ1) is 16.8. The molecule has 0 aliphatic heterocycles. The summed E-state index contributed by atoms with van der Waals surface area (Å²) >= 11 is 0. The van der Waals surface area contributed by atoms with Gasteiger partial charge in [0.25, 0.3) is 0 Å². The highest BCUT2D eigenvalue weighted by molar-refractivity contribution is 5.86. The highest BCUT2D eigenvalue weighted by Crippen LogP contribution is 1.89. The van der Waals surface area contributed by atoms with Crippen LogP contribution < -0.4 is 0 Å². The topological polar surface area (TPSA) is 72.8 Å². The molecule has 0 atom stereocenters. The summed E-state index contributed by atoms with van der Waals surface area (Å²) in [4.78, 5) is 20.4. The third-order valence-corrected chi connectivity index (χ3v) is 1.08. The summed E-state index contributed by atoms with van der Waals surface area (Å²) in [6.45, 7) is 9.85. The van der Waals surface area contributed by atoms with Gasteiger partial charge < -0.3 is 14.6 Å². The number of ether oxygens (including phenoxy) is 2. The standard InChI is InChI=1S/C6H10O3.C5H8O2/c1-5(2)6(8)9-4-3-7;1-3-4-7-5(2)6/h7H,1,3-4H2,2H3;3H,1,4H2,2H3. The lowest BCUT2D eigenvalue weighted by Crippen LogP contribution is -2.08. The summed E-state index contributed by atoms with van der Waals surface area (Å²) in [7, 11) is 0. The summed E-state index contributed by atoms with van der Waals surface area (Å²) in [5, 5.41) is 8.19. The molecule has 5 heteroatoms. The molecule has 0 spiro atoms. The van der Waals surface area contributed by atoms with Gasteiger partial charge in [0.2, 0.25) is 0 Å².